The van der Waals surface area contributed by atoms with E-state index in [2.05, 4.69) is 5.32 Å². The van der Waals surface area contributed by atoms with E-state index in [0.29, 0.717) is 29.9 Å². The predicted molar refractivity (Wildman–Crippen MR) is 129 cm³/mol. The molecule has 2 fully saturated rings. The summed E-state index contributed by atoms with van der Waals surface area (Å²) in [5.74, 6) is -1.14. The molecule has 0 radical (unpaired) electrons. The summed E-state index contributed by atoms with van der Waals surface area (Å²) in [5.41, 5.74) is 7.41. The zero-order valence-corrected chi connectivity index (χ0v) is 19.5. The van der Waals surface area contributed by atoms with Crippen LogP contribution in [0.1, 0.15) is 41.6 Å². The van der Waals surface area contributed by atoms with Crippen LogP contribution in [-0.2, 0) is 14.3 Å². The van der Waals surface area contributed by atoms with E-state index in [1.807, 2.05) is 0 Å². The van der Waals surface area contributed by atoms with Crippen molar-refractivity contribution in [1.29, 1.82) is 0 Å². The summed E-state index contributed by atoms with van der Waals surface area (Å²) in [6.07, 6.45) is -0.244. The highest BCUT2D eigenvalue weighted by Crippen LogP contribution is 2.34. The van der Waals surface area contributed by atoms with E-state index in [1.165, 1.54) is 13.0 Å². The summed E-state index contributed by atoms with van der Waals surface area (Å²) in [6, 6.07) is 11.0. The quantitative estimate of drug-likeness (QED) is 0.256. The highest BCUT2D eigenvalue weighted by atomic mass is 19.1. The van der Waals surface area contributed by atoms with Crippen LogP contribution in [0.5, 0.6) is 0 Å². The maximum atomic E-state index is 14.9. The number of amides is 2. The van der Waals surface area contributed by atoms with Crippen LogP contribution in [0.4, 0.5) is 15.8 Å². The number of nitrogens with zero attached hydrogens (tertiary/aromatic N) is 2. The molecule has 0 spiro atoms. The van der Waals surface area contributed by atoms with Crippen molar-refractivity contribution in [2.45, 2.75) is 31.8 Å². The van der Waals surface area contributed by atoms with Crippen LogP contribution < -0.4 is 15.7 Å². The minimum absolute atomic E-state index is 0.0832. The number of nitrogen functional groups attached to an aromatic ring is 1. The van der Waals surface area contributed by atoms with E-state index in [4.69, 9.17) is 10.5 Å². The number of likely N-dealkylation sites (tertiary alicyclic amines) is 1. The van der Waals surface area contributed by atoms with Crippen LogP contribution in [0, 0.1) is 11.0 Å². The lowest BCUT2D eigenvalue weighted by Gasteiger charge is -2.40. The van der Waals surface area contributed by atoms with Crippen molar-refractivity contribution in [1.82, 2.24) is 14.9 Å². The Bertz CT molecular complexity index is 1120. The molecule has 2 heterocycles. The van der Waals surface area contributed by atoms with E-state index in [0.717, 1.165) is 0 Å². The average Bonchev–Trinajstić information content (AvgIpc) is 3.18. The number of nitrogens with two attached hydrogens (primary N) is 1. The molecule has 2 aromatic rings. The summed E-state index contributed by atoms with van der Waals surface area (Å²) >= 11 is 0. The zero-order chi connectivity index (χ0) is 25.2. The first-order chi connectivity index (χ1) is 16.6. The minimum atomic E-state index is -0.821. The largest absolute Gasteiger partial charge is 0.626 e. The lowest BCUT2D eigenvalue weighted by molar-refractivity contribution is -0.135. The molecule has 3 N–H and O–H groups in total. The Hall–Kier alpha value is -3.34. The van der Waals surface area contributed by atoms with Gasteiger partial charge >= 0.3 is 0 Å². The predicted octanol–water partition coefficient (Wildman–Crippen LogP) is 2.29. The van der Waals surface area contributed by atoms with Crippen molar-refractivity contribution in [3.63, 3.8) is 0 Å². The summed E-state index contributed by atoms with van der Waals surface area (Å²) in [6.45, 7) is 2.28. The number of carbonyl (C=O) groups is 3. The van der Waals surface area contributed by atoms with Crippen molar-refractivity contribution in [3.8, 4) is 0 Å². The highest BCUT2D eigenvalue weighted by molar-refractivity contribution is 5.98. The number of carbonyl (C=O) groups excluding carboxylic acids is 3. The monoisotopic (exact) mass is 484 g/mol. The lowest BCUT2D eigenvalue weighted by Crippen LogP contribution is -2.48. The second-order valence-electron chi connectivity index (χ2n) is 9.17. The standard InChI is InChI=1S/C25H29FN4O5/c1-16(31)28-11-21-14-30(34,15-35-21)20-6-7-22(23(26)10-20)18-12-29(13-18)25(33)9-8-24(32)17-2-4-19(27)5-3-17/h2-7,10,18,21H,8-9,11-15,27H2,1H3,(H,28,31)/t21-,30?/m0/s1. The van der Waals surface area contributed by atoms with Crippen LogP contribution in [0.3, 0.4) is 0 Å². The molecule has 9 nitrogen and oxygen atoms in total. The Morgan fingerprint density at radius 3 is 2.54 bits per heavy atom. The molecule has 0 aliphatic carbocycles. The smallest absolute Gasteiger partial charge is 0.223 e. The number of nitrogens with one attached hydrogen (secondary N) is 1. The number of hydrogen-bond acceptors (Lipinski definition) is 6. The van der Waals surface area contributed by atoms with E-state index >= 15 is 0 Å². The molecule has 2 aliphatic heterocycles. The molecule has 35 heavy (non-hydrogen) atoms. The fourth-order valence-corrected chi connectivity index (χ4v) is 4.39. The van der Waals surface area contributed by atoms with Crippen molar-refractivity contribution >= 4 is 29.0 Å². The van der Waals surface area contributed by atoms with Gasteiger partial charge in [-0.05, 0) is 42.0 Å². The van der Waals surface area contributed by atoms with Crippen LogP contribution in [0.2, 0.25) is 0 Å². The molecule has 0 bridgehead atoms. The van der Waals surface area contributed by atoms with Crippen molar-refractivity contribution in [2.24, 2.45) is 0 Å². The molecule has 10 heteroatoms. The van der Waals surface area contributed by atoms with Crippen molar-refractivity contribution in [3.05, 3.63) is 64.6 Å². The number of anilines is 1. The number of hydroxylamine groups is 2. The number of Topliss-reactive ketones (excluding diaryl/α,β-unsaturated/α-hetero) is 1. The molecule has 2 amide bonds. The molecular formula is C25H29FN4O5. The van der Waals surface area contributed by atoms with Crippen LogP contribution in [-0.4, -0.2) is 61.5 Å². The van der Waals surface area contributed by atoms with E-state index in [1.54, 1.807) is 41.3 Å². The Morgan fingerprint density at radius 2 is 1.89 bits per heavy atom. The Morgan fingerprint density at radius 1 is 1.17 bits per heavy atom. The van der Waals surface area contributed by atoms with Gasteiger partial charge in [-0.3, -0.25) is 14.4 Å². The van der Waals surface area contributed by atoms with Gasteiger partial charge in [0.2, 0.25) is 11.8 Å². The third kappa shape index (κ3) is 5.67. The van der Waals surface area contributed by atoms with E-state index in [-0.39, 0.29) is 61.9 Å². The molecule has 2 aliphatic rings. The number of benzene rings is 2. The SMILES string of the molecule is CC(=O)NC[C@H]1C[N+]([O-])(c2ccc(C3CN(C(=O)CCC(=O)c4ccc(N)cc4)C3)c(F)c2)CO1. The van der Waals surface area contributed by atoms with Crippen molar-refractivity contribution < 1.29 is 23.5 Å². The number of ketones is 1. The number of hydrogen-bond donors (Lipinski definition) is 2. The third-order valence-corrected chi connectivity index (χ3v) is 6.52. The molecule has 186 valence electrons. The van der Waals surface area contributed by atoms with Crippen LogP contribution in [0.25, 0.3) is 0 Å². The molecule has 2 atom stereocenters. The van der Waals surface area contributed by atoms with Crippen molar-refractivity contribution in [2.75, 3.05) is 38.6 Å². The van der Waals surface area contributed by atoms with Gasteiger partial charge in [0.15, 0.2) is 12.5 Å². The summed E-state index contributed by atoms with van der Waals surface area (Å²) in [5, 5.41) is 15.7. The average molecular weight is 485 g/mol. The molecule has 2 aromatic carbocycles. The molecule has 1 unspecified atom stereocenters. The van der Waals surface area contributed by atoms with Gasteiger partial charge < -0.3 is 30.5 Å². The summed E-state index contributed by atoms with van der Waals surface area (Å²) < 4.78 is 19.6. The second-order valence-corrected chi connectivity index (χ2v) is 9.17. The van der Waals surface area contributed by atoms with Crippen LogP contribution in [0.15, 0.2) is 42.5 Å². The fourth-order valence-electron chi connectivity index (χ4n) is 4.39. The molecule has 0 aromatic heterocycles. The maximum absolute atomic E-state index is 14.9. The van der Waals surface area contributed by atoms with Crippen LogP contribution >= 0.6 is 0 Å². The molecule has 0 saturated carbocycles. The number of halogens is 1. The van der Waals surface area contributed by atoms with Gasteiger partial charge in [0, 0.05) is 62.6 Å². The van der Waals surface area contributed by atoms with E-state index in [9.17, 15) is 24.0 Å². The Balaban J connectivity index is 1.28. The third-order valence-electron chi connectivity index (χ3n) is 6.52. The second kappa shape index (κ2) is 10.1. The number of quaternary nitrogens is 1. The molecule has 2 saturated heterocycles. The lowest BCUT2D eigenvalue weighted by atomic mass is 9.90. The molecular weight excluding hydrogens is 455 g/mol. The van der Waals surface area contributed by atoms with Gasteiger partial charge in [0.1, 0.15) is 24.2 Å². The fraction of sp³-hybridized carbons (Fsp3) is 0.400. The Kier molecular flexibility index (Phi) is 7.15. The summed E-state index contributed by atoms with van der Waals surface area (Å²) in [4.78, 5) is 37.4. The first-order valence-corrected chi connectivity index (χ1v) is 11.6. The van der Waals surface area contributed by atoms with Gasteiger partial charge in [-0.2, -0.15) is 0 Å². The summed E-state index contributed by atoms with van der Waals surface area (Å²) in [7, 11) is 0. The highest BCUT2D eigenvalue weighted by Gasteiger charge is 2.37. The van der Waals surface area contributed by atoms with Gasteiger partial charge in [0.05, 0.1) is 0 Å². The minimum Gasteiger partial charge on any atom is -0.626 e. The number of ether oxygens (including phenoxy) is 1. The van der Waals surface area contributed by atoms with E-state index < -0.39 is 16.6 Å². The van der Waals surface area contributed by atoms with Gasteiger partial charge in [0.25, 0.3) is 0 Å². The Labute approximate surface area is 202 Å². The normalized spacial score (nSPS) is 22.0. The van der Waals surface area contributed by atoms with Gasteiger partial charge in [-0.15, -0.1) is 0 Å². The first-order valence-electron chi connectivity index (χ1n) is 11.6. The van der Waals surface area contributed by atoms with Gasteiger partial charge in [-0.1, -0.05) is 0 Å². The van der Waals surface area contributed by atoms with Gasteiger partial charge in [-0.25, -0.2) is 4.39 Å². The first kappa shape index (κ1) is 24.8. The zero-order valence-electron chi connectivity index (χ0n) is 19.5. The maximum Gasteiger partial charge on any atom is 0.223 e. The topological polar surface area (TPSA) is 125 Å². The number of rotatable bonds is 8. The molecule has 4 rings (SSSR count).